The number of benzene rings is 2. The first kappa shape index (κ1) is 20.5. The Bertz CT molecular complexity index is 801. The molecule has 8 heteroatoms. The van der Waals surface area contributed by atoms with E-state index in [9.17, 15) is 14.0 Å². The van der Waals surface area contributed by atoms with Crippen LogP contribution >= 0.6 is 11.6 Å². The third-order valence-corrected chi connectivity index (χ3v) is 3.91. The van der Waals surface area contributed by atoms with Crippen molar-refractivity contribution in [3.05, 3.63) is 58.9 Å². The Morgan fingerprint density at radius 2 is 1.81 bits per heavy atom. The maximum absolute atomic E-state index is 13.3. The minimum atomic E-state index is -0.598. The summed E-state index contributed by atoms with van der Waals surface area (Å²) in [5.41, 5.74) is 5.38. The van der Waals surface area contributed by atoms with Crippen molar-refractivity contribution in [3.8, 4) is 11.5 Å². The lowest BCUT2D eigenvalue weighted by atomic mass is 10.2. The van der Waals surface area contributed by atoms with Gasteiger partial charge in [-0.2, -0.15) is 0 Å². The lowest BCUT2D eigenvalue weighted by Gasteiger charge is -2.10. The van der Waals surface area contributed by atoms with Crippen LogP contribution in [0.15, 0.2) is 42.5 Å². The minimum absolute atomic E-state index is 0.0337. The van der Waals surface area contributed by atoms with Crippen LogP contribution in [0.3, 0.4) is 0 Å². The van der Waals surface area contributed by atoms with Gasteiger partial charge in [0.2, 0.25) is 5.91 Å². The summed E-state index contributed by atoms with van der Waals surface area (Å²) in [6.45, 7) is 1.81. The molecule has 2 rings (SSSR count). The van der Waals surface area contributed by atoms with Crippen LogP contribution < -0.4 is 20.3 Å². The number of hydrazine groups is 1. The first-order chi connectivity index (χ1) is 13.0. The number of carbonyl (C=O) groups excluding carboxylic acids is 2. The monoisotopic (exact) mass is 394 g/mol. The Morgan fingerprint density at radius 3 is 2.56 bits per heavy atom. The van der Waals surface area contributed by atoms with Gasteiger partial charge in [0.15, 0.2) is 18.2 Å². The molecule has 0 aliphatic rings. The number of rotatable bonds is 8. The fraction of sp³-hybridized carbons (Fsp3) is 0.263. The number of amides is 2. The quantitative estimate of drug-likeness (QED) is 0.532. The molecule has 2 aromatic carbocycles. The van der Waals surface area contributed by atoms with Crippen molar-refractivity contribution in [3.63, 3.8) is 0 Å². The third-order valence-electron chi connectivity index (χ3n) is 3.48. The second kappa shape index (κ2) is 10.4. The van der Waals surface area contributed by atoms with Crippen LogP contribution in [0.2, 0.25) is 5.02 Å². The van der Waals surface area contributed by atoms with Crippen molar-refractivity contribution >= 4 is 23.4 Å². The summed E-state index contributed by atoms with van der Waals surface area (Å²) in [5, 5.41) is 0.663. The van der Waals surface area contributed by atoms with Crippen LogP contribution in [0.1, 0.15) is 18.4 Å². The Kier molecular flexibility index (Phi) is 7.88. The molecule has 0 radical (unpaired) electrons. The lowest BCUT2D eigenvalue weighted by molar-refractivity contribution is -0.130. The van der Waals surface area contributed by atoms with E-state index in [0.717, 1.165) is 5.56 Å². The molecule has 2 N–H and O–H groups in total. The normalized spacial score (nSPS) is 10.2. The Labute approximate surface area is 161 Å². The lowest BCUT2D eigenvalue weighted by Crippen LogP contribution is -2.43. The number of halogens is 2. The van der Waals surface area contributed by atoms with Crippen LogP contribution in [-0.4, -0.2) is 25.0 Å². The van der Waals surface area contributed by atoms with Crippen LogP contribution in [0.4, 0.5) is 4.39 Å². The SMILES string of the molecule is Cc1cc(OCCCC(=O)NNC(=O)COc2ccccc2F)ccc1Cl. The molecule has 2 aromatic rings. The molecule has 0 saturated heterocycles. The number of hydrogen-bond donors (Lipinski definition) is 2. The van der Waals surface area contributed by atoms with Gasteiger partial charge in [-0.3, -0.25) is 20.4 Å². The number of carbonyl (C=O) groups is 2. The van der Waals surface area contributed by atoms with Gasteiger partial charge in [0, 0.05) is 11.4 Å². The number of para-hydroxylation sites is 1. The topological polar surface area (TPSA) is 76.7 Å². The van der Waals surface area contributed by atoms with E-state index in [0.29, 0.717) is 23.8 Å². The molecule has 6 nitrogen and oxygen atoms in total. The van der Waals surface area contributed by atoms with Crippen LogP contribution in [0.5, 0.6) is 11.5 Å². The summed E-state index contributed by atoms with van der Waals surface area (Å²) in [7, 11) is 0. The Balaban J connectivity index is 1.59. The molecule has 0 spiro atoms. The van der Waals surface area contributed by atoms with E-state index in [4.69, 9.17) is 21.1 Å². The zero-order chi connectivity index (χ0) is 19.6. The molecule has 0 atom stereocenters. The Hall–Kier alpha value is -2.80. The second-order valence-electron chi connectivity index (χ2n) is 5.68. The highest BCUT2D eigenvalue weighted by molar-refractivity contribution is 6.31. The van der Waals surface area contributed by atoms with E-state index in [1.54, 1.807) is 18.2 Å². The summed E-state index contributed by atoms with van der Waals surface area (Å²) >= 11 is 5.94. The van der Waals surface area contributed by atoms with Gasteiger partial charge < -0.3 is 9.47 Å². The molecule has 0 fully saturated rings. The zero-order valence-electron chi connectivity index (χ0n) is 14.8. The summed E-state index contributed by atoms with van der Waals surface area (Å²) in [6, 6.07) is 11.1. The molecular formula is C19H20ClFN2O4. The second-order valence-corrected chi connectivity index (χ2v) is 6.09. The largest absolute Gasteiger partial charge is 0.494 e. The van der Waals surface area contributed by atoms with E-state index in [-0.39, 0.29) is 18.1 Å². The summed E-state index contributed by atoms with van der Waals surface area (Å²) in [5.74, 6) is -0.890. The number of nitrogens with one attached hydrogen (secondary N) is 2. The van der Waals surface area contributed by atoms with Gasteiger partial charge in [-0.05, 0) is 49.2 Å². The molecular weight excluding hydrogens is 375 g/mol. The van der Waals surface area contributed by atoms with Crippen molar-refractivity contribution in [1.82, 2.24) is 10.9 Å². The number of hydrogen-bond acceptors (Lipinski definition) is 4. The average molecular weight is 395 g/mol. The average Bonchev–Trinajstić information content (AvgIpc) is 2.65. The highest BCUT2D eigenvalue weighted by atomic mass is 35.5. The van der Waals surface area contributed by atoms with Gasteiger partial charge in [0.1, 0.15) is 5.75 Å². The maximum atomic E-state index is 13.3. The van der Waals surface area contributed by atoms with E-state index < -0.39 is 18.3 Å². The maximum Gasteiger partial charge on any atom is 0.276 e. The van der Waals surface area contributed by atoms with Crippen LogP contribution in [-0.2, 0) is 9.59 Å². The minimum Gasteiger partial charge on any atom is -0.494 e. The zero-order valence-corrected chi connectivity index (χ0v) is 15.5. The first-order valence-corrected chi connectivity index (χ1v) is 8.67. The van der Waals surface area contributed by atoms with Crippen molar-refractivity contribution in [1.29, 1.82) is 0 Å². The first-order valence-electron chi connectivity index (χ1n) is 8.29. The molecule has 144 valence electrons. The predicted octanol–water partition coefficient (Wildman–Crippen LogP) is 3.17. The van der Waals surface area contributed by atoms with E-state index in [1.807, 2.05) is 13.0 Å². The van der Waals surface area contributed by atoms with Gasteiger partial charge in [-0.15, -0.1) is 0 Å². The summed E-state index contributed by atoms with van der Waals surface area (Å²) in [4.78, 5) is 23.3. The Morgan fingerprint density at radius 1 is 1.07 bits per heavy atom. The standard InChI is InChI=1S/C19H20ClFN2O4/c1-13-11-14(8-9-15(13)20)26-10-4-7-18(24)22-23-19(25)12-27-17-6-3-2-5-16(17)21/h2-3,5-6,8-9,11H,4,7,10,12H2,1H3,(H,22,24)(H,23,25). The van der Waals surface area contributed by atoms with Gasteiger partial charge in [0.05, 0.1) is 6.61 Å². The molecule has 27 heavy (non-hydrogen) atoms. The van der Waals surface area contributed by atoms with Crippen molar-refractivity contribution in [2.75, 3.05) is 13.2 Å². The highest BCUT2D eigenvalue weighted by Crippen LogP contribution is 2.21. The van der Waals surface area contributed by atoms with Crippen LogP contribution in [0.25, 0.3) is 0 Å². The van der Waals surface area contributed by atoms with E-state index >= 15 is 0 Å². The van der Waals surface area contributed by atoms with Gasteiger partial charge in [0.25, 0.3) is 5.91 Å². The summed E-state index contributed by atoms with van der Waals surface area (Å²) < 4.78 is 23.9. The van der Waals surface area contributed by atoms with Crippen molar-refractivity contribution in [2.24, 2.45) is 0 Å². The molecule has 2 amide bonds. The van der Waals surface area contributed by atoms with Crippen molar-refractivity contribution in [2.45, 2.75) is 19.8 Å². The van der Waals surface area contributed by atoms with E-state index in [1.165, 1.54) is 18.2 Å². The highest BCUT2D eigenvalue weighted by Gasteiger charge is 2.08. The number of aryl methyl sites for hydroxylation is 1. The summed E-state index contributed by atoms with van der Waals surface area (Å²) in [6.07, 6.45) is 0.635. The fourth-order valence-corrected chi connectivity index (χ4v) is 2.19. The molecule has 0 aromatic heterocycles. The predicted molar refractivity (Wildman–Crippen MR) is 99.1 cm³/mol. The smallest absolute Gasteiger partial charge is 0.276 e. The molecule has 0 unspecified atom stereocenters. The number of ether oxygens (including phenoxy) is 2. The van der Waals surface area contributed by atoms with Crippen LogP contribution in [0, 0.1) is 12.7 Å². The van der Waals surface area contributed by atoms with E-state index in [2.05, 4.69) is 10.9 Å². The molecule has 0 bridgehead atoms. The third kappa shape index (κ3) is 7.15. The molecule has 0 saturated carbocycles. The molecule has 0 heterocycles. The molecule has 0 aliphatic heterocycles. The van der Waals surface area contributed by atoms with Gasteiger partial charge in [-0.25, -0.2) is 4.39 Å². The van der Waals surface area contributed by atoms with Gasteiger partial charge in [-0.1, -0.05) is 23.7 Å². The van der Waals surface area contributed by atoms with Gasteiger partial charge >= 0.3 is 0 Å². The molecule has 0 aliphatic carbocycles. The van der Waals surface area contributed by atoms with Crippen molar-refractivity contribution < 1.29 is 23.5 Å². The fourth-order valence-electron chi connectivity index (χ4n) is 2.07.